The van der Waals surface area contributed by atoms with Crippen LogP contribution in [0.3, 0.4) is 0 Å². The van der Waals surface area contributed by atoms with Gasteiger partial charge in [0.05, 0.1) is 0 Å². The molecule has 3 amide bonds. The van der Waals surface area contributed by atoms with Crippen LogP contribution in [0.5, 0.6) is 0 Å². The van der Waals surface area contributed by atoms with Gasteiger partial charge in [-0.3, -0.25) is 9.59 Å². The summed E-state index contributed by atoms with van der Waals surface area (Å²) in [5, 5.41) is 12.2. The first-order valence-corrected chi connectivity index (χ1v) is 15.4. The molecule has 0 spiro atoms. The molecule has 0 radical (unpaired) electrons. The molecule has 2 atom stereocenters. The predicted octanol–water partition coefficient (Wildman–Crippen LogP) is 5.31. The Labute approximate surface area is 263 Å². The van der Waals surface area contributed by atoms with Gasteiger partial charge in [0.15, 0.2) is 5.82 Å². The molecule has 0 saturated carbocycles. The highest BCUT2D eigenvalue weighted by atomic mass is 16.6. The SMILES string of the molecule is Cc1noc(C(Cc2ccccc2)NC(=O)[C@@H](Cc2ccc3ccccc3c2)NC(=O)C2CCN(C(=O)OC(C)(C)C)CC2)n1. The Morgan fingerprint density at radius 3 is 2.27 bits per heavy atom. The normalized spacial score (nSPS) is 15.3. The Balaban J connectivity index is 1.33. The molecule has 4 aromatic rings. The van der Waals surface area contributed by atoms with Gasteiger partial charge in [-0.25, -0.2) is 4.79 Å². The monoisotopic (exact) mass is 611 g/mol. The summed E-state index contributed by atoms with van der Waals surface area (Å²) in [6.45, 7) is 8.03. The van der Waals surface area contributed by atoms with Crippen LogP contribution in [0.15, 0.2) is 77.3 Å². The average molecular weight is 612 g/mol. The fraction of sp³-hybridized carbons (Fsp3) is 0.400. The van der Waals surface area contributed by atoms with Crippen LogP contribution in [0.2, 0.25) is 0 Å². The van der Waals surface area contributed by atoms with E-state index in [2.05, 4.69) is 20.8 Å². The Morgan fingerprint density at radius 2 is 1.60 bits per heavy atom. The van der Waals surface area contributed by atoms with Crippen molar-refractivity contribution in [2.24, 2.45) is 5.92 Å². The van der Waals surface area contributed by atoms with Crippen molar-refractivity contribution >= 4 is 28.7 Å². The predicted molar refractivity (Wildman–Crippen MR) is 170 cm³/mol. The van der Waals surface area contributed by atoms with E-state index in [1.54, 1.807) is 11.8 Å². The van der Waals surface area contributed by atoms with Crippen molar-refractivity contribution in [1.29, 1.82) is 0 Å². The number of nitrogens with zero attached hydrogens (tertiary/aromatic N) is 3. The number of aromatic nitrogens is 2. The van der Waals surface area contributed by atoms with E-state index < -0.39 is 17.7 Å². The zero-order chi connectivity index (χ0) is 32.0. The Morgan fingerprint density at radius 1 is 0.911 bits per heavy atom. The number of aryl methyl sites for hydroxylation is 1. The van der Waals surface area contributed by atoms with Crippen LogP contribution in [0.4, 0.5) is 4.79 Å². The van der Waals surface area contributed by atoms with E-state index in [0.717, 1.165) is 21.9 Å². The second-order valence-corrected chi connectivity index (χ2v) is 12.6. The molecule has 1 aliphatic heterocycles. The topological polar surface area (TPSA) is 127 Å². The van der Waals surface area contributed by atoms with Crippen LogP contribution in [-0.2, 0) is 27.2 Å². The van der Waals surface area contributed by atoms with Crippen molar-refractivity contribution in [3.63, 3.8) is 0 Å². The maximum absolute atomic E-state index is 14.0. The second-order valence-electron chi connectivity index (χ2n) is 12.6. The van der Waals surface area contributed by atoms with E-state index in [9.17, 15) is 14.4 Å². The molecule has 1 aliphatic rings. The minimum absolute atomic E-state index is 0.215. The van der Waals surface area contributed by atoms with Crippen LogP contribution < -0.4 is 10.6 Å². The number of carbonyl (C=O) groups is 3. The third-order valence-electron chi connectivity index (χ3n) is 7.84. The van der Waals surface area contributed by atoms with Crippen molar-refractivity contribution in [3.8, 4) is 0 Å². The number of ether oxygens (including phenoxy) is 1. The van der Waals surface area contributed by atoms with Gasteiger partial charge in [0.25, 0.3) is 0 Å². The highest BCUT2D eigenvalue weighted by Crippen LogP contribution is 2.22. The number of fused-ring (bicyclic) bond motifs is 1. The third-order valence-corrected chi connectivity index (χ3v) is 7.84. The number of rotatable bonds is 9. The van der Waals surface area contributed by atoms with Crippen molar-refractivity contribution in [2.75, 3.05) is 13.1 Å². The number of nitrogens with one attached hydrogen (secondary N) is 2. The summed E-state index contributed by atoms with van der Waals surface area (Å²) in [5.41, 5.74) is 1.32. The first-order chi connectivity index (χ1) is 21.5. The van der Waals surface area contributed by atoms with E-state index in [-0.39, 0.29) is 23.8 Å². The molecule has 1 fully saturated rings. The van der Waals surface area contributed by atoms with Crippen LogP contribution in [-0.4, -0.2) is 57.7 Å². The van der Waals surface area contributed by atoms with Gasteiger partial charge in [-0.2, -0.15) is 4.98 Å². The lowest BCUT2D eigenvalue weighted by Crippen LogP contribution is -2.52. The number of carbonyl (C=O) groups excluding carboxylic acids is 3. The van der Waals surface area contributed by atoms with Crippen LogP contribution >= 0.6 is 0 Å². The molecule has 2 N–H and O–H groups in total. The quantitative estimate of drug-likeness (QED) is 0.263. The summed E-state index contributed by atoms with van der Waals surface area (Å²) in [7, 11) is 0. The maximum Gasteiger partial charge on any atom is 0.410 e. The lowest BCUT2D eigenvalue weighted by Gasteiger charge is -2.33. The fourth-order valence-corrected chi connectivity index (χ4v) is 5.53. The summed E-state index contributed by atoms with van der Waals surface area (Å²) in [4.78, 5) is 46.2. The second kappa shape index (κ2) is 13.9. The van der Waals surface area contributed by atoms with E-state index in [1.165, 1.54) is 0 Å². The molecule has 0 bridgehead atoms. The molecule has 10 heteroatoms. The Bertz CT molecular complexity index is 1620. The summed E-state index contributed by atoms with van der Waals surface area (Å²) in [6, 6.07) is 22.4. The highest BCUT2D eigenvalue weighted by molar-refractivity contribution is 5.89. The average Bonchev–Trinajstić information content (AvgIpc) is 3.46. The van der Waals surface area contributed by atoms with Crippen molar-refractivity contribution in [3.05, 3.63) is 95.6 Å². The van der Waals surface area contributed by atoms with Gasteiger partial charge < -0.3 is 24.8 Å². The lowest BCUT2D eigenvalue weighted by molar-refractivity contribution is -0.132. The molecule has 0 aliphatic carbocycles. The standard InChI is InChI=1S/C35H41N5O5/c1-23-36-33(45-39-23)30(21-24-10-6-5-7-11-24)38-32(42)29(22-25-14-15-26-12-8-9-13-28(26)20-25)37-31(41)27-16-18-40(19-17-27)34(43)44-35(2,3)4/h5-15,20,27,29-30H,16-19,21-22H2,1-4H3,(H,37,41)(H,38,42)/t29-,30?/m1/s1. The van der Waals surface area contributed by atoms with E-state index in [4.69, 9.17) is 9.26 Å². The summed E-state index contributed by atoms with van der Waals surface area (Å²) < 4.78 is 11.0. The minimum Gasteiger partial charge on any atom is -0.444 e. The molecule has 3 aromatic carbocycles. The Hall–Kier alpha value is -4.73. The number of piperidine rings is 1. The van der Waals surface area contributed by atoms with E-state index >= 15 is 0 Å². The summed E-state index contributed by atoms with van der Waals surface area (Å²) in [5.74, 6) is -0.132. The smallest absolute Gasteiger partial charge is 0.410 e. The van der Waals surface area contributed by atoms with Crippen molar-refractivity contribution < 1.29 is 23.6 Å². The van der Waals surface area contributed by atoms with E-state index in [1.807, 2.05) is 93.6 Å². The van der Waals surface area contributed by atoms with Gasteiger partial charge in [0.2, 0.25) is 17.7 Å². The maximum atomic E-state index is 14.0. The highest BCUT2D eigenvalue weighted by Gasteiger charge is 2.33. The van der Waals surface area contributed by atoms with Gasteiger partial charge in [-0.05, 0) is 62.4 Å². The lowest BCUT2D eigenvalue weighted by atomic mass is 9.94. The first-order valence-electron chi connectivity index (χ1n) is 15.4. The van der Waals surface area contributed by atoms with Crippen molar-refractivity contribution in [2.45, 2.75) is 71.1 Å². The molecular formula is C35H41N5O5. The first kappa shape index (κ1) is 31.7. The largest absolute Gasteiger partial charge is 0.444 e. The van der Waals surface area contributed by atoms with Crippen LogP contribution in [0.25, 0.3) is 10.8 Å². The van der Waals surface area contributed by atoms with Gasteiger partial charge >= 0.3 is 6.09 Å². The molecular weight excluding hydrogens is 570 g/mol. The van der Waals surface area contributed by atoms with Crippen molar-refractivity contribution in [1.82, 2.24) is 25.7 Å². The van der Waals surface area contributed by atoms with Gasteiger partial charge in [-0.15, -0.1) is 0 Å². The molecule has 1 saturated heterocycles. The molecule has 5 rings (SSSR count). The zero-order valence-electron chi connectivity index (χ0n) is 26.3. The summed E-state index contributed by atoms with van der Waals surface area (Å²) >= 11 is 0. The number of likely N-dealkylation sites (tertiary alicyclic amines) is 1. The molecule has 2 heterocycles. The third kappa shape index (κ3) is 8.68. The number of benzene rings is 3. The number of hydrogen-bond donors (Lipinski definition) is 2. The fourth-order valence-electron chi connectivity index (χ4n) is 5.53. The molecule has 1 unspecified atom stereocenters. The summed E-state index contributed by atoms with van der Waals surface area (Å²) in [6.07, 6.45) is 1.31. The molecule has 1 aromatic heterocycles. The van der Waals surface area contributed by atoms with Gasteiger partial charge in [-0.1, -0.05) is 78.0 Å². The Kier molecular flexibility index (Phi) is 9.80. The van der Waals surface area contributed by atoms with Crippen LogP contribution in [0, 0.1) is 12.8 Å². The van der Waals surface area contributed by atoms with Gasteiger partial charge in [0, 0.05) is 31.8 Å². The number of amides is 3. The van der Waals surface area contributed by atoms with Gasteiger partial charge in [0.1, 0.15) is 17.7 Å². The van der Waals surface area contributed by atoms with Crippen LogP contribution in [0.1, 0.15) is 62.5 Å². The zero-order valence-corrected chi connectivity index (χ0v) is 26.3. The van der Waals surface area contributed by atoms with E-state index in [0.29, 0.717) is 50.5 Å². The molecule has 10 nitrogen and oxygen atoms in total. The minimum atomic E-state index is -0.857. The molecule has 45 heavy (non-hydrogen) atoms. The molecule has 236 valence electrons. The number of hydrogen-bond acceptors (Lipinski definition) is 7.